The molecule has 2 aromatic rings. The first-order chi connectivity index (χ1) is 8.09. The minimum atomic E-state index is 0.360. The number of H-pyrrole nitrogens is 1. The van der Waals surface area contributed by atoms with Crippen LogP contribution in [-0.4, -0.2) is 30.8 Å². The van der Waals surface area contributed by atoms with Crippen LogP contribution in [-0.2, 0) is 0 Å². The zero-order valence-corrected chi connectivity index (χ0v) is 10.5. The Hall–Kier alpha value is -1.85. The predicted octanol–water partition coefficient (Wildman–Crippen LogP) is 1.90. The first-order valence-corrected chi connectivity index (χ1v) is 5.71. The molecule has 0 aliphatic heterocycles. The number of rotatable bonds is 3. The summed E-state index contributed by atoms with van der Waals surface area (Å²) in [5, 5.41) is 22.2. The van der Waals surface area contributed by atoms with Crippen molar-refractivity contribution in [2.45, 2.75) is 39.5 Å². The van der Waals surface area contributed by atoms with Crippen molar-refractivity contribution in [2.75, 3.05) is 0 Å². The van der Waals surface area contributed by atoms with E-state index >= 15 is 0 Å². The van der Waals surface area contributed by atoms with Gasteiger partial charge in [-0.1, -0.05) is 27.7 Å². The van der Waals surface area contributed by atoms with Crippen LogP contribution in [0.4, 0.5) is 0 Å². The molecule has 0 atom stereocenters. The first kappa shape index (κ1) is 11.6. The number of nitrogens with one attached hydrogen (secondary N) is 1. The van der Waals surface area contributed by atoms with Crippen LogP contribution in [0.25, 0.3) is 11.5 Å². The summed E-state index contributed by atoms with van der Waals surface area (Å²) in [7, 11) is 0. The molecule has 0 unspecified atom stereocenters. The second-order valence-electron chi connectivity index (χ2n) is 4.61. The summed E-state index contributed by atoms with van der Waals surface area (Å²) in [6.07, 6.45) is 0. The molecule has 6 heteroatoms. The molecule has 17 heavy (non-hydrogen) atoms. The average molecular weight is 232 g/mol. The minimum Gasteiger partial charge on any atom is -0.177 e. The molecule has 0 saturated carbocycles. The summed E-state index contributed by atoms with van der Waals surface area (Å²) in [5.41, 5.74) is 2.88. The van der Waals surface area contributed by atoms with E-state index in [1.165, 1.54) is 5.56 Å². The smallest absolute Gasteiger partial charge is 0.177 e. The van der Waals surface area contributed by atoms with Crippen LogP contribution in [0, 0.1) is 0 Å². The largest absolute Gasteiger partial charge is 0.224 e. The Morgan fingerprint density at radius 2 is 1.76 bits per heavy atom. The third-order valence-electron chi connectivity index (χ3n) is 2.60. The fourth-order valence-corrected chi connectivity index (χ4v) is 1.71. The van der Waals surface area contributed by atoms with Gasteiger partial charge in [0.15, 0.2) is 0 Å². The molecule has 0 spiro atoms. The number of nitrogens with zero attached hydrogens (tertiary/aromatic N) is 5. The molecule has 1 N–H and O–H groups in total. The minimum absolute atomic E-state index is 0.360. The Kier molecular flexibility index (Phi) is 3.12. The lowest BCUT2D eigenvalue weighted by Crippen LogP contribution is -2.05. The molecular formula is C11H16N6. The van der Waals surface area contributed by atoms with Crippen LogP contribution in [0.5, 0.6) is 0 Å². The number of hydrogen-bond acceptors (Lipinski definition) is 5. The lowest BCUT2D eigenvalue weighted by molar-refractivity contribution is 0.730. The van der Waals surface area contributed by atoms with E-state index in [4.69, 9.17) is 0 Å². The molecule has 0 aliphatic carbocycles. The monoisotopic (exact) mass is 232 g/mol. The molecule has 0 radical (unpaired) electrons. The van der Waals surface area contributed by atoms with Crippen LogP contribution < -0.4 is 0 Å². The zero-order chi connectivity index (χ0) is 12.4. The molecule has 6 nitrogen and oxygen atoms in total. The normalized spacial score (nSPS) is 11.4. The molecule has 0 amide bonds. The quantitative estimate of drug-likeness (QED) is 0.874. The first-order valence-electron chi connectivity index (χ1n) is 5.71. The summed E-state index contributed by atoms with van der Waals surface area (Å²) < 4.78 is 0. The van der Waals surface area contributed by atoms with Crippen molar-refractivity contribution in [1.29, 1.82) is 0 Å². The van der Waals surface area contributed by atoms with Crippen molar-refractivity contribution in [2.24, 2.45) is 0 Å². The van der Waals surface area contributed by atoms with Gasteiger partial charge in [-0.25, -0.2) is 0 Å². The Morgan fingerprint density at radius 1 is 1.00 bits per heavy atom. The molecule has 2 aromatic heterocycles. The van der Waals surface area contributed by atoms with Gasteiger partial charge in [-0.15, -0.1) is 15.3 Å². The van der Waals surface area contributed by atoms with Crippen LogP contribution in [0.2, 0.25) is 0 Å². The number of tetrazole rings is 1. The Bertz CT molecular complexity index is 489. The van der Waals surface area contributed by atoms with E-state index in [1.54, 1.807) is 0 Å². The van der Waals surface area contributed by atoms with Crippen molar-refractivity contribution in [3.63, 3.8) is 0 Å². The second-order valence-corrected chi connectivity index (χ2v) is 4.61. The van der Waals surface area contributed by atoms with Gasteiger partial charge in [-0.2, -0.15) is 10.3 Å². The van der Waals surface area contributed by atoms with Crippen molar-refractivity contribution < 1.29 is 0 Å². The lowest BCUT2D eigenvalue weighted by Gasteiger charge is -2.14. The van der Waals surface area contributed by atoms with Gasteiger partial charge in [0.05, 0.1) is 5.69 Å². The highest BCUT2D eigenvalue weighted by molar-refractivity contribution is 5.49. The number of aromatic nitrogens is 6. The molecule has 0 aliphatic rings. The molecule has 2 heterocycles. The maximum absolute atomic E-state index is 4.28. The second kappa shape index (κ2) is 4.57. The van der Waals surface area contributed by atoms with E-state index in [2.05, 4.69) is 58.5 Å². The fourth-order valence-electron chi connectivity index (χ4n) is 1.71. The molecule has 2 rings (SSSR count). The van der Waals surface area contributed by atoms with E-state index in [1.807, 2.05) is 6.07 Å². The third kappa shape index (κ3) is 2.30. The molecule has 0 saturated heterocycles. The van der Waals surface area contributed by atoms with Crippen molar-refractivity contribution >= 4 is 0 Å². The van der Waals surface area contributed by atoms with Gasteiger partial charge < -0.3 is 0 Å². The summed E-state index contributed by atoms with van der Waals surface area (Å²) in [4.78, 5) is 0. The van der Waals surface area contributed by atoms with Crippen molar-refractivity contribution in [3.8, 4) is 11.5 Å². The van der Waals surface area contributed by atoms with E-state index in [9.17, 15) is 0 Å². The van der Waals surface area contributed by atoms with Crippen LogP contribution in [0.3, 0.4) is 0 Å². The summed E-state index contributed by atoms with van der Waals surface area (Å²) in [5.74, 6) is 1.24. The fraction of sp³-hybridized carbons (Fsp3) is 0.545. The van der Waals surface area contributed by atoms with E-state index < -0.39 is 0 Å². The van der Waals surface area contributed by atoms with Crippen LogP contribution >= 0.6 is 0 Å². The Balaban J connectivity index is 2.49. The van der Waals surface area contributed by atoms with E-state index in [-0.39, 0.29) is 0 Å². The Labute approximate surface area is 99.9 Å². The SMILES string of the molecule is CC(C)c1cc(-c2nn[nH]n2)nnc1C(C)C. The zero-order valence-electron chi connectivity index (χ0n) is 10.5. The summed E-state index contributed by atoms with van der Waals surface area (Å²) in [6, 6.07) is 2.00. The topological polar surface area (TPSA) is 80.2 Å². The highest BCUT2D eigenvalue weighted by Crippen LogP contribution is 2.26. The molecule has 0 bridgehead atoms. The van der Waals surface area contributed by atoms with Gasteiger partial charge in [0.1, 0.15) is 5.69 Å². The van der Waals surface area contributed by atoms with Crippen molar-refractivity contribution in [3.05, 3.63) is 17.3 Å². The van der Waals surface area contributed by atoms with Gasteiger partial charge in [0.25, 0.3) is 0 Å². The van der Waals surface area contributed by atoms with Gasteiger partial charge in [-0.05, 0) is 28.7 Å². The summed E-state index contributed by atoms with van der Waals surface area (Å²) in [6.45, 7) is 8.51. The lowest BCUT2D eigenvalue weighted by atomic mass is 9.95. The van der Waals surface area contributed by atoms with Gasteiger partial charge in [0, 0.05) is 0 Å². The molecule has 0 fully saturated rings. The van der Waals surface area contributed by atoms with Crippen LogP contribution in [0.15, 0.2) is 6.07 Å². The summed E-state index contributed by atoms with van der Waals surface area (Å²) >= 11 is 0. The number of hydrogen-bond donors (Lipinski definition) is 1. The van der Waals surface area contributed by atoms with Gasteiger partial charge in [-0.3, -0.25) is 0 Å². The predicted molar refractivity (Wildman–Crippen MR) is 63.4 cm³/mol. The van der Waals surface area contributed by atoms with Crippen LogP contribution in [0.1, 0.15) is 50.8 Å². The standard InChI is InChI=1S/C11H16N6/c1-6(2)8-5-9(11-14-16-17-15-11)12-13-10(8)7(3)4/h5-7H,1-4H3,(H,14,15,16,17). The average Bonchev–Trinajstić information content (AvgIpc) is 2.81. The van der Waals surface area contributed by atoms with Gasteiger partial charge >= 0.3 is 0 Å². The molecule has 0 aromatic carbocycles. The highest BCUT2D eigenvalue weighted by atomic mass is 15.5. The third-order valence-corrected chi connectivity index (χ3v) is 2.60. The Morgan fingerprint density at radius 3 is 2.29 bits per heavy atom. The maximum Gasteiger partial charge on any atom is 0.224 e. The molecular weight excluding hydrogens is 216 g/mol. The van der Waals surface area contributed by atoms with E-state index in [0.717, 1.165) is 5.69 Å². The van der Waals surface area contributed by atoms with Gasteiger partial charge in [0.2, 0.25) is 5.82 Å². The number of aromatic amines is 1. The van der Waals surface area contributed by atoms with Crippen molar-refractivity contribution in [1.82, 2.24) is 30.8 Å². The molecule has 90 valence electrons. The highest BCUT2D eigenvalue weighted by Gasteiger charge is 2.15. The van der Waals surface area contributed by atoms with E-state index in [0.29, 0.717) is 23.4 Å². The maximum atomic E-state index is 4.28.